The molecular weight excluding hydrogens is 903 g/mol. The molecule has 3 N–H and O–H groups in total. The number of hydrogen-bond donors (Lipinski definition) is 2. The summed E-state index contributed by atoms with van der Waals surface area (Å²) in [5, 5.41) is 0. The fourth-order valence-corrected chi connectivity index (χ4v) is 6.36. The quantitative estimate of drug-likeness (QED) is 0.0363. The molecule has 0 bridgehead atoms. The van der Waals surface area contributed by atoms with Crippen LogP contribution in [-0.2, 0) is 23.1 Å². The maximum atomic E-state index is 13.6. The van der Waals surface area contributed by atoms with Crippen LogP contribution in [-0.4, -0.2) is 98.5 Å². The van der Waals surface area contributed by atoms with Gasteiger partial charge in [-0.15, -0.1) is 0 Å². The van der Waals surface area contributed by atoms with Gasteiger partial charge in [-0.1, -0.05) is 89.9 Å². The summed E-state index contributed by atoms with van der Waals surface area (Å²) in [5.41, 5.74) is 5.25. The summed E-state index contributed by atoms with van der Waals surface area (Å²) in [6, 6.07) is 0. The minimum atomic E-state index is -6.90. The summed E-state index contributed by atoms with van der Waals surface area (Å²) in [7, 11) is -4.44. The van der Waals surface area contributed by atoms with Crippen molar-refractivity contribution in [2.45, 2.75) is 182 Å². The molecule has 0 heterocycles. The fraction of sp³-hybridized carbons (Fsp3) is 1.00. The number of hydrogen-bond acceptors (Lipinski definition) is 6. The van der Waals surface area contributed by atoms with Crippen LogP contribution in [0.4, 0.5) is 79.0 Å². The fourth-order valence-electron chi connectivity index (χ4n) is 5.60. The van der Waals surface area contributed by atoms with Crippen LogP contribution >= 0.6 is 7.82 Å². The van der Waals surface area contributed by atoms with Crippen molar-refractivity contribution in [1.29, 1.82) is 0 Å². The standard InChI is InChI=1S/C35H56F18NO6P/c36-28(37,30(40,41)32(44,45)34(48,49)50)19-15-11-7-3-1-5-9-13-17-22-57-25-27(26-60-61(55,56)59-24-21-54)58-23-18-14-10-6-2-4-8-12-16-20-29(38,39)31(42,43)33(46,47)35(51,52)53/h27H,1-26,54H2,(H,55,56)/t27-/m0/s1. The molecular formula is C35H56F18NO6P. The minimum absolute atomic E-state index is 0.0377. The normalized spacial score (nSPS) is 15.7. The van der Waals surface area contributed by atoms with Crippen LogP contribution in [0, 0.1) is 0 Å². The first-order valence-electron chi connectivity index (χ1n) is 19.8. The monoisotopic (exact) mass is 959 g/mol. The van der Waals surface area contributed by atoms with E-state index in [1.807, 2.05) is 0 Å². The maximum Gasteiger partial charge on any atom is 0.472 e. The molecule has 0 saturated heterocycles. The Bertz CT molecular complexity index is 1230. The van der Waals surface area contributed by atoms with Crippen molar-refractivity contribution in [1.82, 2.24) is 0 Å². The third kappa shape index (κ3) is 20.2. The van der Waals surface area contributed by atoms with Crippen molar-refractivity contribution >= 4 is 7.82 Å². The molecule has 0 aromatic carbocycles. The van der Waals surface area contributed by atoms with Crippen LogP contribution in [0.1, 0.15) is 128 Å². The van der Waals surface area contributed by atoms with E-state index in [1.165, 1.54) is 0 Å². The molecule has 0 aromatic heterocycles. The second kappa shape index (κ2) is 26.6. The first kappa shape index (κ1) is 59.7. The van der Waals surface area contributed by atoms with Gasteiger partial charge in [-0.05, 0) is 25.7 Å². The smallest absolute Gasteiger partial charge is 0.379 e. The molecule has 7 nitrogen and oxygen atoms in total. The summed E-state index contributed by atoms with van der Waals surface area (Å²) in [5.74, 6) is -38.1. The van der Waals surface area contributed by atoms with E-state index in [0.717, 1.165) is 0 Å². The van der Waals surface area contributed by atoms with Crippen LogP contribution in [0.25, 0.3) is 0 Å². The van der Waals surface area contributed by atoms with E-state index in [2.05, 4.69) is 4.52 Å². The van der Waals surface area contributed by atoms with Gasteiger partial charge in [0, 0.05) is 32.6 Å². The molecule has 0 aliphatic rings. The van der Waals surface area contributed by atoms with Crippen LogP contribution in [0.3, 0.4) is 0 Å². The summed E-state index contributed by atoms with van der Waals surface area (Å²) < 4.78 is 266. The Morgan fingerprint density at radius 1 is 0.426 bits per heavy atom. The van der Waals surface area contributed by atoms with Gasteiger partial charge in [0.2, 0.25) is 0 Å². The Morgan fingerprint density at radius 2 is 0.754 bits per heavy atom. The lowest BCUT2D eigenvalue weighted by molar-refractivity contribution is -0.396. The zero-order valence-corrected chi connectivity index (χ0v) is 34.2. The molecule has 0 fully saturated rings. The minimum Gasteiger partial charge on any atom is -0.379 e. The lowest BCUT2D eigenvalue weighted by Crippen LogP contribution is -2.60. The number of unbranched alkanes of at least 4 members (excludes halogenated alkanes) is 16. The van der Waals surface area contributed by atoms with Gasteiger partial charge in [-0.25, -0.2) is 4.57 Å². The lowest BCUT2D eigenvalue weighted by atomic mass is 9.97. The molecule has 1 unspecified atom stereocenters. The Morgan fingerprint density at radius 3 is 1.10 bits per heavy atom. The molecule has 0 aliphatic carbocycles. The van der Waals surface area contributed by atoms with E-state index in [1.54, 1.807) is 0 Å². The average Bonchev–Trinajstić information content (AvgIpc) is 3.13. The third-order valence-corrected chi connectivity index (χ3v) is 10.3. The van der Waals surface area contributed by atoms with Gasteiger partial charge in [0.05, 0.1) is 19.8 Å². The highest BCUT2D eigenvalue weighted by atomic mass is 31.2. The number of alkyl halides is 18. The van der Waals surface area contributed by atoms with Gasteiger partial charge in [-0.2, -0.15) is 79.0 Å². The van der Waals surface area contributed by atoms with Crippen molar-refractivity contribution in [2.24, 2.45) is 5.73 Å². The molecule has 0 aromatic rings. The van der Waals surface area contributed by atoms with E-state index in [-0.39, 0.29) is 65.3 Å². The van der Waals surface area contributed by atoms with Gasteiger partial charge in [0.25, 0.3) is 0 Å². The highest BCUT2D eigenvalue weighted by Crippen LogP contribution is 2.55. The Hall–Kier alpha value is -1.27. The number of ether oxygens (including phenoxy) is 2. The van der Waals surface area contributed by atoms with Crippen LogP contribution < -0.4 is 5.73 Å². The van der Waals surface area contributed by atoms with Crippen molar-refractivity contribution in [3.63, 3.8) is 0 Å². The van der Waals surface area contributed by atoms with Gasteiger partial charge < -0.3 is 20.1 Å². The molecule has 0 spiro atoms. The van der Waals surface area contributed by atoms with E-state index < -0.39 is 87.5 Å². The van der Waals surface area contributed by atoms with Crippen LogP contribution in [0.2, 0.25) is 0 Å². The number of halogens is 18. The lowest BCUT2D eigenvalue weighted by Gasteiger charge is -2.33. The predicted molar refractivity (Wildman–Crippen MR) is 185 cm³/mol. The second-order valence-electron chi connectivity index (χ2n) is 14.5. The van der Waals surface area contributed by atoms with Crippen LogP contribution in [0.15, 0.2) is 0 Å². The summed E-state index contributed by atoms with van der Waals surface area (Å²) in [6.07, 6.45) is -11.8. The summed E-state index contributed by atoms with van der Waals surface area (Å²) in [6.45, 7) is -0.280. The van der Waals surface area contributed by atoms with Gasteiger partial charge in [0.1, 0.15) is 6.10 Å². The number of phosphoric acid groups is 1. The van der Waals surface area contributed by atoms with Gasteiger partial charge in [0.15, 0.2) is 0 Å². The molecule has 0 aliphatic heterocycles. The summed E-state index contributed by atoms with van der Waals surface area (Å²) in [4.78, 5) is 9.78. The highest BCUT2D eigenvalue weighted by molar-refractivity contribution is 7.47. The molecule has 2 atom stereocenters. The molecule has 26 heteroatoms. The first-order valence-corrected chi connectivity index (χ1v) is 21.3. The van der Waals surface area contributed by atoms with Gasteiger partial charge in [-0.3, -0.25) is 9.05 Å². The Labute approximate surface area is 342 Å². The maximum absolute atomic E-state index is 13.6. The largest absolute Gasteiger partial charge is 0.472 e. The van der Waals surface area contributed by atoms with Gasteiger partial charge >= 0.3 is 55.7 Å². The van der Waals surface area contributed by atoms with E-state index in [9.17, 15) is 88.5 Å². The summed E-state index contributed by atoms with van der Waals surface area (Å²) >= 11 is 0. The van der Waals surface area contributed by atoms with Crippen molar-refractivity contribution in [3.05, 3.63) is 0 Å². The molecule has 368 valence electrons. The molecule has 0 saturated carbocycles. The highest BCUT2D eigenvalue weighted by Gasteiger charge is 2.82. The number of phosphoric ester groups is 1. The SMILES string of the molecule is NCCOP(=O)(O)OC[C@H](COCCCCCCCCCCCC(F)(F)C(F)(F)C(F)(F)C(F)(F)F)OCCCCCCCCCCCC(F)(F)C(F)(F)C(F)(F)C(F)(F)F. The zero-order chi connectivity index (χ0) is 47.3. The van der Waals surface area contributed by atoms with Crippen molar-refractivity contribution < 1.29 is 107 Å². The van der Waals surface area contributed by atoms with E-state index >= 15 is 0 Å². The third-order valence-electron chi connectivity index (χ3n) is 9.29. The molecule has 61 heavy (non-hydrogen) atoms. The predicted octanol–water partition coefficient (Wildman–Crippen LogP) is 13.2. The topological polar surface area (TPSA) is 100 Å². The van der Waals surface area contributed by atoms with Crippen molar-refractivity contribution in [2.75, 3.05) is 39.6 Å². The number of rotatable bonds is 37. The second-order valence-corrected chi connectivity index (χ2v) is 16.0. The van der Waals surface area contributed by atoms with E-state index in [4.69, 9.17) is 19.7 Å². The van der Waals surface area contributed by atoms with Crippen LogP contribution in [0.5, 0.6) is 0 Å². The zero-order valence-electron chi connectivity index (χ0n) is 33.3. The molecule has 0 radical (unpaired) electrons. The first-order chi connectivity index (χ1) is 27.8. The molecule has 0 amide bonds. The Kier molecular flexibility index (Phi) is 26.1. The molecule has 0 rings (SSSR count). The number of nitrogens with two attached hydrogens (primary N) is 1. The average molecular weight is 960 g/mol. The Balaban J connectivity index is 4.35. The van der Waals surface area contributed by atoms with E-state index in [0.29, 0.717) is 77.0 Å². The van der Waals surface area contributed by atoms with Crippen molar-refractivity contribution in [3.8, 4) is 0 Å².